The number of aryl methyl sites for hydroxylation is 1. The molecule has 1 atom stereocenters. The molecule has 2 aromatic carbocycles. The largest absolute Gasteiger partial charge is 0.355 e. The van der Waals surface area contributed by atoms with Gasteiger partial charge >= 0.3 is 0 Å². The molecule has 0 fully saturated rings. The number of benzene rings is 2. The maximum Gasteiger partial charge on any atom is 0.171 e. The standard InChI is InChI=1S/C18H21BrN2S/c1-12(2)17(16-10-5-4-7-13(16)3)21-18(22)20-15-9-6-8-14(19)11-15/h4-12,17H,1-3H3,(H2,20,21,22)/t17-/m0/s1. The monoisotopic (exact) mass is 376 g/mol. The van der Waals surface area contributed by atoms with Gasteiger partial charge in [0.05, 0.1) is 6.04 Å². The predicted molar refractivity (Wildman–Crippen MR) is 102 cm³/mol. The van der Waals surface area contributed by atoms with Crippen LogP contribution in [-0.2, 0) is 0 Å². The molecule has 2 aromatic rings. The summed E-state index contributed by atoms with van der Waals surface area (Å²) >= 11 is 8.95. The van der Waals surface area contributed by atoms with Crippen LogP contribution in [0, 0.1) is 12.8 Å². The summed E-state index contributed by atoms with van der Waals surface area (Å²) in [5.74, 6) is 0.434. The van der Waals surface area contributed by atoms with Crippen molar-refractivity contribution in [2.24, 2.45) is 5.92 Å². The first-order chi connectivity index (χ1) is 10.5. The van der Waals surface area contributed by atoms with E-state index in [9.17, 15) is 0 Å². The Morgan fingerprint density at radius 2 is 1.82 bits per heavy atom. The summed E-state index contributed by atoms with van der Waals surface area (Å²) in [7, 11) is 0. The van der Waals surface area contributed by atoms with Crippen molar-refractivity contribution < 1.29 is 0 Å². The van der Waals surface area contributed by atoms with Crippen LogP contribution in [0.4, 0.5) is 5.69 Å². The molecule has 0 aliphatic carbocycles. The molecular formula is C18H21BrN2S. The van der Waals surface area contributed by atoms with Gasteiger partial charge in [0, 0.05) is 10.2 Å². The van der Waals surface area contributed by atoms with E-state index in [2.05, 4.69) is 71.6 Å². The first-order valence-electron chi connectivity index (χ1n) is 7.36. The summed E-state index contributed by atoms with van der Waals surface area (Å²) < 4.78 is 1.03. The van der Waals surface area contributed by atoms with Gasteiger partial charge in [0.15, 0.2) is 5.11 Å². The van der Waals surface area contributed by atoms with Crippen LogP contribution in [-0.4, -0.2) is 5.11 Å². The fraction of sp³-hybridized carbons (Fsp3) is 0.278. The Hall–Kier alpha value is -1.39. The van der Waals surface area contributed by atoms with Crippen molar-refractivity contribution in [3.05, 3.63) is 64.1 Å². The van der Waals surface area contributed by atoms with Crippen molar-refractivity contribution in [2.45, 2.75) is 26.8 Å². The van der Waals surface area contributed by atoms with Crippen molar-refractivity contribution in [2.75, 3.05) is 5.32 Å². The number of nitrogens with one attached hydrogen (secondary N) is 2. The molecular weight excluding hydrogens is 356 g/mol. The van der Waals surface area contributed by atoms with Gasteiger partial charge in [-0.25, -0.2) is 0 Å². The number of anilines is 1. The van der Waals surface area contributed by atoms with Gasteiger partial charge in [-0.05, 0) is 54.4 Å². The summed E-state index contributed by atoms with van der Waals surface area (Å²) in [5, 5.41) is 7.33. The van der Waals surface area contributed by atoms with Crippen LogP contribution in [0.2, 0.25) is 0 Å². The van der Waals surface area contributed by atoms with Gasteiger partial charge in [-0.1, -0.05) is 60.1 Å². The normalized spacial score (nSPS) is 12.0. The van der Waals surface area contributed by atoms with Gasteiger partial charge in [0.2, 0.25) is 0 Å². The zero-order chi connectivity index (χ0) is 16.1. The molecule has 0 bridgehead atoms. The number of thiocarbonyl (C=S) groups is 1. The van der Waals surface area contributed by atoms with E-state index >= 15 is 0 Å². The van der Waals surface area contributed by atoms with E-state index in [1.54, 1.807) is 0 Å². The number of hydrogen-bond acceptors (Lipinski definition) is 1. The van der Waals surface area contributed by atoms with Crippen molar-refractivity contribution in [1.29, 1.82) is 0 Å². The summed E-state index contributed by atoms with van der Waals surface area (Å²) in [6.07, 6.45) is 0. The second kappa shape index (κ2) is 7.75. The fourth-order valence-electron chi connectivity index (χ4n) is 2.41. The minimum absolute atomic E-state index is 0.188. The van der Waals surface area contributed by atoms with Crippen LogP contribution in [0.15, 0.2) is 53.0 Å². The Labute approximate surface area is 146 Å². The van der Waals surface area contributed by atoms with Crippen molar-refractivity contribution in [3.8, 4) is 0 Å². The molecule has 0 radical (unpaired) electrons. The molecule has 2 nitrogen and oxygen atoms in total. The van der Waals surface area contributed by atoms with Crippen LogP contribution in [0.5, 0.6) is 0 Å². The number of halogens is 1. The average Bonchev–Trinajstić information content (AvgIpc) is 2.45. The van der Waals surface area contributed by atoms with E-state index in [4.69, 9.17) is 12.2 Å². The lowest BCUT2D eigenvalue weighted by molar-refractivity contribution is 0.471. The highest BCUT2D eigenvalue weighted by molar-refractivity contribution is 9.10. The third-order valence-corrected chi connectivity index (χ3v) is 4.27. The summed E-state index contributed by atoms with van der Waals surface area (Å²) in [4.78, 5) is 0. The molecule has 0 unspecified atom stereocenters. The lowest BCUT2D eigenvalue weighted by atomic mass is 9.93. The summed E-state index contributed by atoms with van der Waals surface area (Å²) in [6, 6.07) is 16.6. The van der Waals surface area contributed by atoms with Crippen LogP contribution in [0.3, 0.4) is 0 Å². The number of rotatable bonds is 4. The maximum absolute atomic E-state index is 5.48. The topological polar surface area (TPSA) is 24.1 Å². The third-order valence-electron chi connectivity index (χ3n) is 3.56. The molecule has 0 amide bonds. The van der Waals surface area contributed by atoms with Crippen LogP contribution < -0.4 is 10.6 Å². The van der Waals surface area contributed by atoms with Gasteiger partial charge in [-0.2, -0.15) is 0 Å². The first-order valence-corrected chi connectivity index (χ1v) is 8.56. The van der Waals surface area contributed by atoms with Crippen molar-refractivity contribution >= 4 is 38.9 Å². The smallest absolute Gasteiger partial charge is 0.171 e. The Morgan fingerprint density at radius 1 is 1.09 bits per heavy atom. The molecule has 22 heavy (non-hydrogen) atoms. The summed E-state index contributed by atoms with van der Waals surface area (Å²) in [5.41, 5.74) is 3.54. The molecule has 0 saturated carbocycles. The highest BCUT2D eigenvalue weighted by Crippen LogP contribution is 2.25. The van der Waals surface area contributed by atoms with Crippen LogP contribution in [0.1, 0.15) is 31.0 Å². The molecule has 116 valence electrons. The molecule has 0 spiro atoms. The average molecular weight is 377 g/mol. The van der Waals surface area contributed by atoms with E-state index in [0.717, 1.165) is 10.2 Å². The predicted octanol–water partition coefficient (Wildman–Crippen LogP) is 5.44. The minimum Gasteiger partial charge on any atom is -0.355 e. The van der Waals surface area contributed by atoms with E-state index in [1.165, 1.54) is 11.1 Å². The molecule has 0 heterocycles. The van der Waals surface area contributed by atoms with Gasteiger partial charge in [-0.3, -0.25) is 0 Å². The zero-order valence-electron chi connectivity index (χ0n) is 13.1. The fourth-order valence-corrected chi connectivity index (χ4v) is 3.06. The van der Waals surface area contributed by atoms with E-state index in [0.29, 0.717) is 11.0 Å². The quantitative estimate of drug-likeness (QED) is 0.694. The van der Waals surface area contributed by atoms with E-state index in [-0.39, 0.29) is 6.04 Å². The molecule has 0 aliphatic heterocycles. The Bertz CT molecular complexity index is 655. The highest BCUT2D eigenvalue weighted by Gasteiger charge is 2.18. The summed E-state index contributed by atoms with van der Waals surface area (Å²) in [6.45, 7) is 6.54. The second-order valence-corrected chi connectivity index (χ2v) is 7.01. The van der Waals surface area contributed by atoms with Crippen LogP contribution in [0.25, 0.3) is 0 Å². The molecule has 2 N–H and O–H groups in total. The molecule has 0 aliphatic rings. The van der Waals surface area contributed by atoms with E-state index < -0.39 is 0 Å². The third kappa shape index (κ3) is 4.55. The SMILES string of the molecule is Cc1ccccc1[C@@H](NC(=S)Nc1cccc(Br)c1)C(C)C. The van der Waals surface area contributed by atoms with Gasteiger partial charge in [-0.15, -0.1) is 0 Å². The minimum atomic E-state index is 0.188. The van der Waals surface area contributed by atoms with Gasteiger partial charge in [0.1, 0.15) is 0 Å². The number of hydrogen-bond donors (Lipinski definition) is 2. The van der Waals surface area contributed by atoms with Crippen molar-refractivity contribution in [3.63, 3.8) is 0 Å². The first kappa shape index (κ1) is 17.0. The lowest BCUT2D eigenvalue weighted by Gasteiger charge is -2.26. The Kier molecular flexibility index (Phi) is 5.98. The lowest BCUT2D eigenvalue weighted by Crippen LogP contribution is -2.35. The maximum atomic E-state index is 5.48. The van der Waals surface area contributed by atoms with Gasteiger partial charge < -0.3 is 10.6 Å². The van der Waals surface area contributed by atoms with Crippen molar-refractivity contribution in [1.82, 2.24) is 5.32 Å². The molecule has 0 saturated heterocycles. The Balaban J connectivity index is 2.11. The van der Waals surface area contributed by atoms with Gasteiger partial charge in [0.25, 0.3) is 0 Å². The molecule has 4 heteroatoms. The van der Waals surface area contributed by atoms with Crippen LogP contribution >= 0.6 is 28.1 Å². The second-order valence-electron chi connectivity index (χ2n) is 5.69. The Morgan fingerprint density at radius 3 is 2.45 bits per heavy atom. The highest BCUT2D eigenvalue weighted by atomic mass is 79.9. The zero-order valence-corrected chi connectivity index (χ0v) is 15.5. The molecule has 0 aromatic heterocycles. The molecule has 2 rings (SSSR count). The van der Waals surface area contributed by atoms with E-state index in [1.807, 2.05) is 24.3 Å².